The Morgan fingerprint density at radius 3 is 1.98 bits per heavy atom. The predicted octanol–water partition coefficient (Wildman–Crippen LogP) is 4.07. The van der Waals surface area contributed by atoms with Crippen LogP contribution in [0.25, 0.3) is 0 Å². The highest BCUT2D eigenvalue weighted by Gasteiger charge is 2.41. The van der Waals surface area contributed by atoms with Crippen molar-refractivity contribution in [3.05, 3.63) is 11.6 Å². The van der Waals surface area contributed by atoms with Crippen LogP contribution >= 0.6 is 0 Å². The van der Waals surface area contributed by atoms with Gasteiger partial charge in [0.2, 0.25) is 23.6 Å². The minimum Gasteiger partial charge on any atom is -0.342 e. The molecular formula is C33H59N5O4. The van der Waals surface area contributed by atoms with Crippen LogP contribution in [0.3, 0.4) is 0 Å². The van der Waals surface area contributed by atoms with Crippen LogP contribution in [-0.2, 0) is 19.2 Å². The molecular weight excluding hydrogens is 530 g/mol. The van der Waals surface area contributed by atoms with Crippen LogP contribution in [0.1, 0.15) is 101 Å². The Kier molecular flexibility index (Phi) is 12.6. The Hall–Kier alpha value is -2.42. The van der Waals surface area contributed by atoms with Gasteiger partial charge in [-0.25, -0.2) is 0 Å². The monoisotopic (exact) mass is 589 g/mol. The summed E-state index contributed by atoms with van der Waals surface area (Å²) in [4.78, 5) is 61.7. The van der Waals surface area contributed by atoms with E-state index in [2.05, 4.69) is 24.1 Å². The van der Waals surface area contributed by atoms with E-state index in [1.165, 1.54) is 0 Å². The molecule has 1 unspecified atom stereocenters. The van der Waals surface area contributed by atoms with Crippen LogP contribution in [0, 0.1) is 11.3 Å². The molecule has 240 valence electrons. The number of likely N-dealkylation sites (N-methyl/N-ethyl adjacent to an activating group) is 2. The first-order valence-corrected chi connectivity index (χ1v) is 16.0. The van der Waals surface area contributed by atoms with Crippen molar-refractivity contribution in [1.29, 1.82) is 0 Å². The predicted molar refractivity (Wildman–Crippen MR) is 169 cm³/mol. The summed E-state index contributed by atoms with van der Waals surface area (Å²) in [6.45, 7) is 21.3. The van der Waals surface area contributed by atoms with Gasteiger partial charge in [0.25, 0.3) is 0 Å². The summed E-state index contributed by atoms with van der Waals surface area (Å²) in [6, 6.07) is -1.48. The van der Waals surface area contributed by atoms with Crippen molar-refractivity contribution in [2.24, 2.45) is 11.3 Å². The van der Waals surface area contributed by atoms with Gasteiger partial charge in [0.1, 0.15) is 12.1 Å². The van der Waals surface area contributed by atoms with Crippen molar-refractivity contribution in [3.63, 3.8) is 0 Å². The summed E-state index contributed by atoms with van der Waals surface area (Å²) >= 11 is 0. The molecule has 0 aromatic rings. The summed E-state index contributed by atoms with van der Waals surface area (Å²) in [5, 5.41) is 3.13. The van der Waals surface area contributed by atoms with Crippen molar-refractivity contribution >= 4 is 23.6 Å². The van der Waals surface area contributed by atoms with Crippen LogP contribution < -0.4 is 5.32 Å². The van der Waals surface area contributed by atoms with E-state index in [1.807, 2.05) is 54.5 Å². The van der Waals surface area contributed by atoms with Crippen molar-refractivity contribution in [2.45, 2.75) is 138 Å². The number of nitrogens with one attached hydrogen (secondary N) is 1. The Morgan fingerprint density at radius 1 is 0.857 bits per heavy atom. The minimum absolute atomic E-state index is 0.0240. The maximum absolute atomic E-state index is 14.1. The number of piperidine rings is 1. The molecule has 2 heterocycles. The quantitative estimate of drug-likeness (QED) is 0.388. The maximum Gasteiger partial charge on any atom is 0.249 e. The molecule has 0 aromatic heterocycles. The van der Waals surface area contributed by atoms with E-state index < -0.39 is 17.5 Å². The molecule has 42 heavy (non-hydrogen) atoms. The van der Waals surface area contributed by atoms with Crippen LogP contribution in [0.15, 0.2) is 11.6 Å². The summed E-state index contributed by atoms with van der Waals surface area (Å²) in [6.07, 6.45) is 6.17. The van der Waals surface area contributed by atoms with Gasteiger partial charge in [0.15, 0.2) is 0 Å². The molecule has 2 aliphatic rings. The fourth-order valence-corrected chi connectivity index (χ4v) is 6.15. The molecule has 4 atom stereocenters. The summed E-state index contributed by atoms with van der Waals surface area (Å²) < 4.78 is 0. The van der Waals surface area contributed by atoms with E-state index in [1.54, 1.807) is 35.7 Å². The number of likely N-dealkylation sites (tertiary alicyclic amines) is 2. The average Bonchev–Trinajstić information content (AvgIpc) is 3.41. The molecule has 9 heteroatoms. The third kappa shape index (κ3) is 8.57. The molecule has 2 fully saturated rings. The zero-order valence-corrected chi connectivity index (χ0v) is 28.5. The highest BCUT2D eigenvalue weighted by molar-refractivity contribution is 5.97. The highest BCUT2D eigenvalue weighted by Crippen LogP contribution is 2.27. The molecule has 2 rings (SSSR count). The topological polar surface area (TPSA) is 93.3 Å². The van der Waals surface area contributed by atoms with Gasteiger partial charge in [-0.2, -0.15) is 0 Å². The molecule has 0 spiro atoms. The summed E-state index contributed by atoms with van der Waals surface area (Å²) in [5.41, 5.74) is 0.00592. The lowest BCUT2D eigenvalue weighted by Crippen LogP contribution is -2.60. The van der Waals surface area contributed by atoms with Crippen molar-refractivity contribution in [3.8, 4) is 0 Å². The largest absolute Gasteiger partial charge is 0.342 e. The number of carbonyl (C=O) groups excluding carboxylic acids is 4. The number of rotatable bonds is 10. The number of hydrogen-bond donors (Lipinski definition) is 1. The lowest BCUT2D eigenvalue weighted by molar-refractivity contribution is -0.142. The van der Waals surface area contributed by atoms with E-state index in [4.69, 9.17) is 0 Å². The van der Waals surface area contributed by atoms with E-state index in [0.717, 1.165) is 32.2 Å². The van der Waals surface area contributed by atoms with Crippen molar-refractivity contribution in [1.82, 2.24) is 24.9 Å². The van der Waals surface area contributed by atoms with Gasteiger partial charge < -0.3 is 20.0 Å². The standard InChI is InChI=1S/C33H59N5O4/c1-21(2)27(20-24(7)30(40)38-19-15-17-26(38)31(41)35(11)22(3)4)36(12)32(42)28(33(8,9)10)34-29(39)25-16-13-14-18-37(25)23(5)6/h20-23,25-28H,13-19H2,1-12H3,(H,34,39)/b24-20+/t25-,26+,27?,28-/m1/s1. The number of hydrogen-bond acceptors (Lipinski definition) is 5. The number of amides is 4. The average molecular weight is 590 g/mol. The first-order chi connectivity index (χ1) is 19.4. The maximum atomic E-state index is 14.1. The minimum atomic E-state index is -0.719. The Morgan fingerprint density at radius 2 is 1.45 bits per heavy atom. The zero-order chi connectivity index (χ0) is 32.1. The SMILES string of the molecule is C/C(=C\C(C(C)C)N(C)C(=O)[C@@H](NC(=O)[C@H]1CCCCN1C(C)C)C(C)(C)C)C(=O)N1CCC[C@H]1C(=O)N(C)C(C)C. The Labute approximate surface area is 255 Å². The lowest BCUT2D eigenvalue weighted by Gasteiger charge is -2.41. The van der Waals surface area contributed by atoms with Gasteiger partial charge in [-0.1, -0.05) is 47.1 Å². The van der Waals surface area contributed by atoms with E-state index in [-0.39, 0.29) is 53.7 Å². The fraction of sp³-hybridized carbons (Fsp3) is 0.818. The van der Waals surface area contributed by atoms with Gasteiger partial charge in [-0.3, -0.25) is 24.1 Å². The highest BCUT2D eigenvalue weighted by atomic mass is 16.2. The van der Waals surface area contributed by atoms with Gasteiger partial charge >= 0.3 is 0 Å². The number of nitrogens with zero attached hydrogens (tertiary/aromatic N) is 4. The summed E-state index contributed by atoms with van der Waals surface area (Å²) in [7, 11) is 3.54. The molecule has 0 radical (unpaired) electrons. The van der Waals surface area contributed by atoms with Crippen LogP contribution in [0.2, 0.25) is 0 Å². The molecule has 2 aliphatic heterocycles. The molecule has 2 saturated heterocycles. The number of carbonyl (C=O) groups is 4. The van der Waals surface area contributed by atoms with Crippen LogP contribution in [0.4, 0.5) is 0 Å². The van der Waals surface area contributed by atoms with Crippen molar-refractivity contribution in [2.75, 3.05) is 27.2 Å². The van der Waals surface area contributed by atoms with E-state index in [0.29, 0.717) is 18.5 Å². The molecule has 0 bridgehead atoms. The third-order valence-corrected chi connectivity index (χ3v) is 9.07. The molecule has 0 aliphatic carbocycles. The first-order valence-electron chi connectivity index (χ1n) is 16.0. The van der Waals surface area contributed by atoms with Crippen molar-refractivity contribution < 1.29 is 19.2 Å². The Balaban J connectivity index is 2.28. The first kappa shape index (κ1) is 35.8. The van der Waals surface area contributed by atoms with E-state index >= 15 is 0 Å². The molecule has 0 saturated carbocycles. The lowest BCUT2D eigenvalue weighted by atomic mass is 9.84. The smallest absolute Gasteiger partial charge is 0.249 e. The second kappa shape index (κ2) is 14.8. The molecule has 0 aromatic carbocycles. The summed E-state index contributed by atoms with van der Waals surface area (Å²) in [5.74, 6) is -0.443. The van der Waals surface area contributed by atoms with Gasteiger partial charge in [-0.05, 0) is 78.2 Å². The second-order valence-electron chi connectivity index (χ2n) is 14.4. The molecule has 9 nitrogen and oxygen atoms in total. The van der Waals surface area contributed by atoms with Crippen LogP contribution in [0.5, 0.6) is 0 Å². The van der Waals surface area contributed by atoms with Crippen LogP contribution in [-0.4, -0.2) is 107 Å². The second-order valence-corrected chi connectivity index (χ2v) is 14.4. The van der Waals surface area contributed by atoms with Gasteiger partial charge in [-0.15, -0.1) is 0 Å². The van der Waals surface area contributed by atoms with E-state index in [9.17, 15) is 19.2 Å². The Bertz CT molecular complexity index is 999. The zero-order valence-electron chi connectivity index (χ0n) is 28.5. The molecule has 4 amide bonds. The van der Waals surface area contributed by atoms with Gasteiger partial charge in [0, 0.05) is 38.3 Å². The molecule has 1 N–H and O–H groups in total. The normalized spacial score (nSPS) is 22.0. The third-order valence-electron chi connectivity index (χ3n) is 9.07. The van der Waals surface area contributed by atoms with Gasteiger partial charge in [0.05, 0.1) is 12.1 Å². The fourth-order valence-electron chi connectivity index (χ4n) is 6.15.